The van der Waals surface area contributed by atoms with Crippen LogP contribution >= 0.6 is 0 Å². The quantitative estimate of drug-likeness (QED) is 0.177. The number of hydrogen-bond donors (Lipinski definition) is 2. The second kappa shape index (κ2) is 12.1. The first-order chi connectivity index (χ1) is 19.7. The van der Waals surface area contributed by atoms with Gasteiger partial charge in [-0.25, -0.2) is 4.68 Å². The van der Waals surface area contributed by atoms with Gasteiger partial charge in [0.15, 0.2) is 5.71 Å². The fourth-order valence-corrected chi connectivity index (χ4v) is 4.90. The van der Waals surface area contributed by atoms with E-state index in [1.807, 2.05) is 67.6 Å². The Balaban J connectivity index is 1.42. The number of carbonyl (C=O) groups is 1. The van der Waals surface area contributed by atoms with Gasteiger partial charge in [0.25, 0.3) is 5.91 Å². The number of aromatic nitrogens is 2. The second-order valence-corrected chi connectivity index (χ2v) is 11.3. The van der Waals surface area contributed by atoms with E-state index in [-0.39, 0.29) is 11.1 Å². The number of morpholine rings is 1. The molecule has 1 aliphatic heterocycles. The van der Waals surface area contributed by atoms with Crippen LogP contribution in [-0.4, -0.2) is 71.0 Å². The van der Waals surface area contributed by atoms with Crippen LogP contribution in [0.3, 0.4) is 0 Å². The monoisotopic (exact) mass is 555 g/mol. The molecule has 1 fully saturated rings. The van der Waals surface area contributed by atoms with E-state index in [0.717, 1.165) is 60.6 Å². The van der Waals surface area contributed by atoms with Crippen molar-refractivity contribution in [2.24, 2.45) is 5.16 Å². The van der Waals surface area contributed by atoms with Crippen molar-refractivity contribution < 1.29 is 19.5 Å². The Morgan fingerprint density at radius 1 is 1.05 bits per heavy atom. The van der Waals surface area contributed by atoms with Gasteiger partial charge in [0, 0.05) is 42.1 Å². The fraction of sp³-hybridized carbons (Fsp3) is 0.344. The highest BCUT2D eigenvalue weighted by Gasteiger charge is 2.25. The molecule has 0 aliphatic carbocycles. The third-order valence-corrected chi connectivity index (χ3v) is 7.19. The van der Waals surface area contributed by atoms with Gasteiger partial charge < -0.3 is 20.0 Å². The van der Waals surface area contributed by atoms with Crippen molar-refractivity contribution in [3.8, 4) is 11.4 Å². The Morgan fingerprint density at radius 3 is 2.51 bits per heavy atom. The lowest BCUT2D eigenvalue weighted by molar-refractivity contribution is -0.110. The summed E-state index contributed by atoms with van der Waals surface area (Å²) in [6.45, 7) is 12.8. The molecule has 1 aromatic heterocycles. The molecule has 0 radical (unpaired) electrons. The molecule has 2 N–H and O–H groups in total. The molecule has 0 atom stereocenters. The van der Waals surface area contributed by atoms with Gasteiger partial charge in [-0.1, -0.05) is 62.3 Å². The molecule has 5 rings (SSSR count). The van der Waals surface area contributed by atoms with Crippen LogP contribution < -0.4 is 10.1 Å². The topological polar surface area (TPSA) is 101 Å². The lowest BCUT2D eigenvalue weighted by Crippen LogP contribution is -2.38. The van der Waals surface area contributed by atoms with Gasteiger partial charge >= 0.3 is 0 Å². The minimum atomic E-state index is -0.548. The van der Waals surface area contributed by atoms with Crippen molar-refractivity contribution in [2.75, 3.05) is 44.8 Å². The summed E-state index contributed by atoms with van der Waals surface area (Å²) in [5, 5.41) is 22.8. The highest BCUT2D eigenvalue weighted by molar-refractivity contribution is 6.50. The number of hydrogen-bond acceptors (Lipinski definition) is 7. The van der Waals surface area contributed by atoms with Crippen molar-refractivity contribution in [3.63, 3.8) is 0 Å². The van der Waals surface area contributed by atoms with Crippen LogP contribution in [0.5, 0.6) is 5.75 Å². The van der Waals surface area contributed by atoms with E-state index in [9.17, 15) is 10.0 Å². The SMILES string of the molecule is Cc1cccc(-n2nc(C(C)(C)C)cc2NC(=O)C(=NO)c2ccc(OCCN3CCOCC3)c3ccccc23)c1. The van der Waals surface area contributed by atoms with Crippen LogP contribution in [-0.2, 0) is 14.9 Å². The molecule has 1 aliphatic rings. The molecule has 3 aromatic carbocycles. The Bertz CT molecular complexity index is 1560. The van der Waals surface area contributed by atoms with Crippen molar-refractivity contribution in [1.29, 1.82) is 0 Å². The minimum absolute atomic E-state index is 0.102. The molecule has 1 saturated heterocycles. The summed E-state index contributed by atoms with van der Waals surface area (Å²) in [5.74, 6) is 0.648. The highest BCUT2D eigenvalue weighted by Crippen LogP contribution is 2.30. The predicted octanol–water partition coefficient (Wildman–Crippen LogP) is 5.16. The molecule has 4 aromatic rings. The molecule has 214 valence electrons. The van der Waals surface area contributed by atoms with Crippen LogP contribution in [0.15, 0.2) is 71.9 Å². The maximum atomic E-state index is 13.6. The average molecular weight is 556 g/mol. The number of oxime groups is 1. The van der Waals surface area contributed by atoms with Crippen LogP contribution in [0.1, 0.15) is 37.6 Å². The maximum absolute atomic E-state index is 13.6. The number of amides is 1. The molecule has 9 nitrogen and oxygen atoms in total. The fourth-order valence-electron chi connectivity index (χ4n) is 4.90. The second-order valence-electron chi connectivity index (χ2n) is 11.3. The molecule has 0 saturated carbocycles. The zero-order chi connectivity index (χ0) is 29.0. The number of rotatable bonds is 8. The van der Waals surface area contributed by atoms with E-state index < -0.39 is 5.91 Å². The third kappa shape index (κ3) is 6.42. The number of benzene rings is 3. The maximum Gasteiger partial charge on any atom is 0.279 e. The van der Waals surface area contributed by atoms with Crippen LogP contribution in [0, 0.1) is 6.92 Å². The van der Waals surface area contributed by atoms with Gasteiger partial charge in [-0.2, -0.15) is 5.10 Å². The van der Waals surface area contributed by atoms with Gasteiger partial charge in [0.05, 0.1) is 24.6 Å². The normalized spacial score (nSPS) is 14.8. The van der Waals surface area contributed by atoms with Gasteiger partial charge in [0.2, 0.25) is 0 Å². The Morgan fingerprint density at radius 2 is 1.80 bits per heavy atom. The van der Waals surface area contributed by atoms with E-state index in [0.29, 0.717) is 23.7 Å². The largest absolute Gasteiger partial charge is 0.492 e. The van der Waals surface area contributed by atoms with Crippen molar-refractivity contribution in [2.45, 2.75) is 33.1 Å². The third-order valence-electron chi connectivity index (χ3n) is 7.19. The summed E-state index contributed by atoms with van der Waals surface area (Å²) in [6.07, 6.45) is 0. The van der Waals surface area contributed by atoms with Crippen molar-refractivity contribution >= 4 is 28.2 Å². The molecule has 0 bridgehead atoms. The Kier molecular flexibility index (Phi) is 8.37. The first-order valence-corrected chi connectivity index (χ1v) is 13.9. The van der Waals surface area contributed by atoms with Crippen molar-refractivity contribution in [3.05, 3.63) is 83.6 Å². The molecule has 1 amide bonds. The lowest BCUT2D eigenvalue weighted by atomic mass is 9.92. The van der Waals surface area contributed by atoms with Gasteiger partial charge in [-0.05, 0) is 42.1 Å². The first-order valence-electron chi connectivity index (χ1n) is 13.9. The van der Waals surface area contributed by atoms with Gasteiger partial charge in [-0.15, -0.1) is 0 Å². The average Bonchev–Trinajstić information content (AvgIpc) is 3.39. The first kappa shape index (κ1) is 28.3. The zero-order valence-corrected chi connectivity index (χ0v) is 24.1. The van der Waals surface area contributed by atoms with Crippen molar-refractivity contribution in [1.82, 2.24) is 14.7 Å². The van der Waals surface area contributed by atoms with Crippen LogP contribution in [0.25, 0.3) is 16.5 Å². The lowest BCUT2D eigenvalue weighted by Gasteiger charge is -2.26. The molecule has 0 unspecified atom stereocenters. The molecular formula is C32H37N5O4. The van der Waals surface area contributed by atoms with E-state index in [1.165, 1.54) is 0 Å². The number of nitrogens with one attached hydrogen (secondary N) is 1. The summed E-state index contributed by atoms with van der Waals surface area (Å²) in [7, 11) is 0. The van der Waals surface area contributed by atoms with E-state index in [4.69, 9.17) is 14.6 Å². The standard InChI is InChI=1S/C32H37N5O4/c1-22-8-7-9-23(20-22)37-29(21-28(34-37)32(2,3)4)33-31(38)30(35-39)26-12-13-27(25-11-6-5-10-24(25)26)41-19-16-36-14-17-40-18-15-36/h5-13,20-21,39H,14-19H2,1-4H3,(H,33,38). The smallest absolute Gasteiger partial charge is 0.279 e. The van der Waals surface area contributed by atoms with Crippen LogP contribution in [0.4, 0.5) is 5.82 Å². The summed E-state index contributed by atoms with van der Waals surface area (Å²) < 4.78 is 13.3. The molecular weight excluding hydrogens is 518 g/mol. The predicted molar refractivity (Wildman–Crippen MR) is 161 cm³/mol. The Hall–Kier alpha value is -4.21. The number of nitrogens with zero attached hydrogens (tertiary/aromatic N) is 4. The summed E-state index contributed by atoms with van der Waals surface area (Å²) in [6, 6.07) is 21.0. The molecule has 41 heavy (non-hydrogen) atoms. The van der Waals surface area contributed by atoms with E-state index in [1.54, 1.807) is 10.7 Å². The highest BCUT2D eigenvalue weighted by atomic mass is 16.5. The number of anilines is 1. The van der Waals surface area contributed by atoms with Gasteiger partial charge in [0.1, 0.15) is 18.2 Å². The number of fused-ring (bicyclic) bond motifs is 1. The summed E-state index contributed by atoms with van der Waals surface area (Å²) in [5.41, 5.74) is 2.87. The Labute approximate surface area is 240 Å². The number of ether oxygens (including phenoxy) is 2. The zero-order valence-electron chi connectivity index (χ0n) is 24.1. The molecule has 2 heterocycles. The van der Waals surface area contributed by atoms with Crippen LogP contribution in [0.2, 0.25) is 0 Å². The summed E-state index contributed by atoms with van der Waals surface area (Å²) in [4.78, 5) is 16.0. The van der Waals surface area contributed by atoms with E-state index in [2.05, 4.69) is 36.1 Å². The number of aryl methyl sites for hydroxylation is 1. The number of carbonyl (C=O) groups excluding carboxylic acids is 1. The van der Waals surface area contributed by atoms with E-state index >= 15 is 0 Å². The minimum Gasteiger partial charge on any atom is -0.492 e. The van der Waals surface area contributed by atoms with Gasteiger partial charge in [-0.3, -0.25) is 9.69 Å². The summed E-state index contributed by atoms with van der Waals surface area (Å²) >= 11 is 0. The molecule has 0 spiro atoms. The molecule has 9 heteroatoms.